The summed E-state index contributed by atoms with van der Waals surface area (Å²) < 4.78 is 29.9. The second-order valence-electron chi connectivity index (χ2n) is 8.04. The van der Waals surface area contributed by atoms with Crippen LogP contribution in [0.15, 0.2) is 48.0 Å². The summed E-state index contributed by atoms with van der Waals surface area (Å²) >= 11 is 0. The van der Waals surface area contributed by atoms with E-state index in [-0.39, 0.29) is 23.4 Å². The molecule has 180 valence electrons. The van der Waals surface area contributed by atoms with E-state index in [1.807, 2.05) is 0 Å². The molecule has 2 saturated heterocycles. The number of ketones is 1. The molecule has 4 rings (SSSR count). The summed E-state index contributed by atoms with van der Waals surface area (Å²) in [5.74, 6) is -1.58. The molecule has 9 heteroatoms. The molecule has 2 aliphatic heterocycles. The van der Waals surface area contributed by atoms with Crippen molar-refractivity contribution >= 4 is 17.4 Å². The summed E-state index contributed by atoms with van der Waals surface area (Å²) in [5.41, 5.74) is 0.663. The van der Waals surface area contributed by atoms with Crippen LogP contribution >= 0.6 is 0 Å². The first-order valence-electron chi connectivity index (χ1n) is 11.0. The molecule has 2 fully saturated rings. The molecule has 2 aromatic rings. The lowest BCUT2D eigenvalue weighted by Crippen LogP contribution is -2.42. The normalized spacial score (nSPS) is 20.6. The number of Topliss-reactive ketones (excluding diaryl/α,β-unsaturated/α-hetero) is 1. The van der Waals surface area contributed by atoms with Crippen LogP contribution in [0.25, 0.3) is 5.76 Å². The van der Waals surface area contributed by atoms with Gasteiger partial charge in [-0.25, -0.2) is 4.39 Å². The van der Waals surface area contributed by atoms with Gasteiger partial charge in [-0.05, 0) is 30.3 Å². The fraction of sp³-hybridized carbons (Fsp3) is 0.360. The van der Waals surface area contributed by atoms with Gasteiger partial charge in [0, 0.05) is 37.3 Å². The van der Waals surface area contributed by atoms with Gasteiger partial charge in [0.15, 0.2) is 11.5 Å². The number of benzene rings is 2. The van der Waals surface area contributed by atoms with Gasteiger partial charge in [-0.15, -0.1) is 0 Å². The fourth-order valence-electron chi connectivity index (χ4n) is 4.40. The summed E-state index contributed by atoms with van der Waals surface area (Å²) in [5, 5.41) is 11.1. The number of carbonyl (C=O) groups excluding carboxylic acids is 2. The van der Waals surface area contributed by atoms with Gasteiger partial charge in [0.05, 0.1) is 39.0 Å². The summed E-state index contributed by atoms with van der Waals surface area (Å²) in [7, 11) is 2.97. The minimum Gasteiger partial charge on any atom is -0.507 e. The van der Waals surface area contributed by atoms with Crippen LogP contribution in [0.4, 0.5) is 4.39 Å². The summed E-state index contributed by atoms with van der Waals surface area (Å²) in [6, 6.07) is 9.37. The predicted molar refractivity (Wildman–Crippen MR) is 122 cm³/mol. The van der Waals surface area contributed by atoms with Crippen LogP contribution in [0.5, 0.6) is 11.5 Å². The first-order chi connectivity index (χ1) is 16.5. The van der Waals surface area contributed by atoms with E-state index in [1.54, 1.807) is 18.2 Å². The SMILES string of the molecule is COc1cccc([C@@H]2C(=C(O)c3ccc(F)cc3)C(=O)C(=O)N2CCN2CCOCC2)c1OC. The number of para-hydroxylation sites is 1. The number of carbonyl (C=O) groups is 2. The molecule has 0 spiro atoms. The number of aliphatic hydroxyl groups is 1. The van der Waals surface area contributed by atoms with Crippen LogP contribution in [0.2, 0.25) is 0 Å². The highest BCUT2D eigenvalue weighted by Crippen LogP contribution is 2.45. The molecule has 2 aromatic carbocycles. The maximum absolute atomic E-state index is 13.5. The van der Waals surface area contributed by atoms with E-state index >= 15 is 0 Å². The Morgan fingerprint density at radius 2 is 1.76 bits per heavy atom. The highest BCUT2D eigenvalue weighted by Gasteiger charge is 2.47. The number of hydrogen-bond donors (Lipinski definition) is 1. The number of hydrogen-bond acceptors (Lipinski definition) is 7. The van der Waals surface area contributed by atoms with Crippen LogP contribution in [0, 0.1) is 5.82 Å². The lowest BCUT2D eigenvalue weighted by atomic mass is 9.94. The van der Waals surface area contributed by atoms with Gasteiger partial charge in [0.2, 0.25) is 0 Å². The molecule has 34 heavy (non-hydrogen) atoms. The summed E-state index contributed by atoms with van der Waals surface area (Å²) in [6.45, 7) is 3.47. The quantitative estimate of drug-likeness (QED) is 0.378. The number of rotatable bonds is 7. The second kappa shape index (κ2) is 10.2. The zero-order chi connectivity index (χ0) is 24.2. The van der Waals surface area contributed by atoms with E-state index in [0.717, 1.165) is 13.1 Å². The maximum atomic E-state index is 13.5. The molecular weight excluding hydrogens is 443 g/mol. The third kappa shape index (κ3) is 4.49. The highest BCUT2D eigenvalue weighted by atomic mass is 19.1. The van der Waals surface area contributed by atoms with Crippen molar-refractivity contribution in [2.24, 2.45) is 0 Å². The maximum Gasteiger partial charge on any atom is 0.295 e. The standard InChI is InChI=1S/C25H27FN2O6/c1-32-19-5-3-4-18(24(19)33-2)21-20(22(29)16-6-8-17(26)9-7-16)23(30)25(31)28(21)11-10-27-12-14-34-15-13-27/h3-9,21,29H,10-15H2,1-2H3/t21-/m1/s1. The van der Waals surface area contributed by atoms with Crippen LogP contribution in [-0.2, 0) is 14.3 Å². The van der Waals surface area contributed by atoms with Gasteiger partial charge in [-0.2, -0.15) is 0 Å². The third-order valence-corrected chi connectivity index (χ3v) is 6.15. The first kappa shape index (κ1) is 23.7. The van der Waals surface area contributed by atoms with E-state index in [0.29, 0.717) is 36.8 Å². The Kier molecular flexibility index (Phi) is 7.14. The average Bonchev–Trinajstić information content (AvgIpc) is 3.12. The minimum absolute atomic E-state index is 0.0786. The minimum atomic E-state index is -0.906. The molecule has 1 N–H and O–H groups in total. The zero-order valence-electron chi connectivity index (χ0n) is 19.1. The van der Waals surface area contributed by atoms with Crippen molar-refractivity contribution in [3.05, 3.63) is 65.0 Å². The Balaban J connectivity index is 1.81. The van der Waals surface area contributed by atoms with Gasteiger partial charge in [0.1, 0.15) is 11.6 Å². The van der Waals surface area contributed by atoms with Crippen LogP contribution < -0.4 is 9.47 Å². The van der Waals surface area contributed by atoms with Crippen molar-refractivity contribution in [1.82, 2.24) is 9.80 Å². The molecule has 8 nitrogen and oxygen atoms in total. The van der Waals surface area contributed by atoms with Crippen LogP contribution in [-0.4, -0.2) is 80.2 Å². The Morgan fingerprint density at radius 3 is 2.41 bits per heavy atom. The van der Waals surface area contributed by atoms with Crippen molar-refractivity contribution in [3.63, 3.8) is 0 Å². The van der Waals surface area contributed by atoms with Gasteiger partial charge in [-0.1, -0.05) is 12.1 Å². The number of aliphatic hydroxyl groups excluding tert-OH is 1. The Labute approximate surface area is 197 Å². The third-order valence-electron chi connectivity index (χ3n) is 6.15. The number of ether oxygens (including phenoxy) is 3. The number of nitrogens with zero attached hydrogens (tertiary/aromatic N) is 2. The van der Waals surface area contributed by atoms with E-state index in [9.17, 15) is 19.1 Å². The van der Waals surface area contributed by atoms with Gasteiger partial charge in [0.25, 0.3) is 11.7 Å². The van der Waals surface area contributed by atoms with Crippen molar-refractivity contribution in [2.75, 3.05) is 53.6 Å². The predicted octanol–water partition coefficient (Wildman–Crippen LogP) is 2.60. The number of amides is 1. The number of morpholine rings is 1. The fourth-order valence-corrected chi connectivity index (χ4v) is 4.40. The molecule has 0 aliphatic carbocycles. The zero-order valence-corrected chi connectivity index (χ0v) is 19.1. The van der Waals surface area contributed by atoms with Gasteiger partial charge >= 0.3 is 0 Å². The summed E-state index contributed by atoms with van der Waals surface area (Å²) in [4.78, 5) is 30.0. The number of methoxy groups -OCH3 is 2. The van der Waals surface area contributed by atoms with Crippen LogP contribution in [0.1, 0.15) is 17.2 Å². The van der Waals surface area contributed by atoms with Crippen LogP contribution in [0.3, 0.4) is 0 Å². The largest absolute Gasteiger partial charge is 0.507 e. The Hall–Kier alpha value is -3.43. The first-order valence-corrected chi connectivity index (χ1v) is 11.0. The number of halogens is 1. The highest BCUT2D eigenvalue weighted by molar-refractivity contribution is 6.46. The van der Waals surface area contributed by atoms with E-state index in [2.05, 4.69) is 4.90 Å². The van der Waals surface area contributed by atoms with Gasteiger partial charge < -0.3 is 24.2 Å². The monoisotopic (exact) mass is 470 g/mol. The molecule has 2 heterocycles. The van der Waals surface area contributed by atoms with Crippen molar-refractivity contribution in [1.29, 1.82) is 0 Å². The lowest BCUT2D eigenvalue weighted by molar-refractivity contribution is -0.140. The van der Waals surface area contributed by atoms with E-state index in [1.165, 1.54) is 43.4 Å². The molecule has 0 unspecified atom stereocenters. The topological polar surface area (TPSA) is 88.5 Å². The molecule has 1 atom stereocenters. The smallest absolute Gasteiger partial charge is 0.295 e. The molecular formula is C25H27FN2O6. The molecule has 0 bridgehead atoms. The molecule has 0 aromatic heterocycles. The Morgan fingerprint density at radius 1 is 1.06 bits per heavy atom. The summed E-state index contributed by atoms with van der Waals surface area (Å²) in [6.07, 6.45) is 0. The molecule has 0 saturated carbocycles. The number of likely N-dealkylation sites (tertiary alicyclic amines) is 1. The van der Waals surface area contributed by atoms with Crippen molar-refractivity contribution in [3.8, 4) is 11.5 Å². The van der Waals surface area contributed by atoms with E-state index in [4.69, 9.17) is 14.2 Å². The Bertz CT molecular complexity index is 1100. The van der Waals surface area contributed by atoms with Crippen molar-refractivity contribution < 1.29 is 33.3 Å². The average molecular weight is 470 g/mol. The second-order valence-corrected chi connectivity index (χ2v) is 8.04. The molecule has 0 radical (unpaired) electrons. The molecule has 2 aliphatic rings. The van der Waals surface area contributed by atoms with Gasteiger partial charge in [-0.3, -0.25) is 14.5 Å². The molecule has 1 amide bonds. The lowest BCUT2D eigenvalue weighted by Gasteiger charge is -2.31. The van der Waals surface area contributed by atoms with Crippen molar-refractivity contribution in [2.45, 2.75) is 6.04 Å². The van der Waals surface area contributed by atoms with E-state index < -0.39 is 23.5 Å².